The second kappa shape index (κ2) is 11.3. The van der Waals surface area contributed by atoms with Crippen molar-refractivity contribution >= 4 is 37.9 Å². The highest BCUT2D eigenvalue weighted by Gasteiger charge is 2.49. The van der Waals surface area contributed by atoms with Crippen molar-refractivity contribution < 1.29 is 13.9 Å². The van der Waals surface area contributed by atoms with Gasteiger partial charge in [-0.3, -0.25) is 23.7 Å². The van der Waals surface area contributed by atoms with E-state index in [4.69, 9.17) is 0 Å². The van der Waals surface area contributed by atoms with Gasteiger partial charge in [-0.1, -0.05) is 17.2 Å². The van der Waals surface area contributed by atoms with Gasteiger partial charge in [-0.05, 0) is 102 Å². The third kappa shape index (κ3) is 5.64. The van der Waals surface area contributed by atoms with Crippen LogP contribution in [0.3, 0.4) is 0 Å². The molecule has 43 heavy (non-hydrogen) atoms. The maximum Gasteiger partial charge on any atom is 0.160 e. The number of nitrogens with zero attached hydrogens (tertiary/aromatic N) is 3. The van der Waals surface area contributed by atoms with E-state index in [2.05, 4.69) is 71.6 Å². The standard InChI is InChI=1S/C34H48N4O3S2/c1-22-17-23(2)19-25(18-22)30-27(7-9-36-12-14-37(15-13-36)26-8-16-43(40,41)21-26)28-20-29(42-33(28)35-30)34(3,4)32(39)31-24-5-10-38(31)11-6-24/h17-20,24,26,31,35,40-41H,5-16,21H2,1-4H3. The van der Waals surface area contributed by atoms with Gasteiger partial charge in [0, 0.05) is 54.8 Å². The van der Waals surface area contributed by atoms with Crippen molar-refractivity contribution in [1.29, 1.82) is 0 Å². The van der Waals surface area contributed by atoms with Gasteiger partial charge in [-0.25, -0.2) is 0 Å². The van der Waals surface area contributed by atoms with Gasteiger partial charge in [0.05, 0.1) is 22.9 Å². The minimum Gasteiger partial charge on any atom is -0.346 e. The number of nitrogens with one attached hydrogen (secondary N) is 1. The normalized spacial score (nSPS) is 28.7. The Labute approximate surface area is 262 Å². The summed E-state index contributed by atoms with van der Waals surface area (Å²) in [5.74, 6) is 2.04. The number of Topliss-reactive ketones (excluding diaryl/α,β-unsaturated/α-hetero) is 1. The Bertz CT molecular complexity index is 1480. The quantitative estimate of drug-likeness (QED) is 0.280. The summed E-state index contributed by atoms with van der Waals surface area (Å²) < 4.78 is 20.2. The summed E-state index contributed by atoms with van der Waals surface area (Å²) >= 11 is 1.77. The zero-order valence-electron chi connectivity index (χ0n) is 26.2. The molecule has 7 nitrogen and oxygen atoms in total. The predicted molar refractivity (Wildman–Crippen MR) is 180 cm³/mol. The molecule has 9 heteroatoms. The van der Waals surface area contributed by atoms with Crippen molar-refractivity contribution in [2.75, 3.05) is 57.3 Å². The van der Waals surface area contributed by atoms with Crippen molar-refractivity contribution in [3.8, 4) is 11.3 Å². The topological polar surface area (TPSA) is 83.0 Å². The van der Waals surface area contributed by atoms with E-state index in [0.717, 1.165) is 58.7 Å². The van der Waals surface area contributed by atoms with Gasteiger partial charge in [0.25, 0.3) is 0 Å². The Morgan fingerprint density at radius 2 is 1.67 bits per heavy atom. The lowest BCUT2D eigenvalue weighted by molar-refractivity contribution is -0.127. The fourth-order valence-corrected chi connectivity index (χ4v) is 11.4. The molecule has 0 amide bonds. The number of aromatic nitrogens is 1. The number of piperidine rings is 1. The number of aryl methyl sites for hydroxylation is 2. The Hall–Kier alpha value is -1.72. The minimum atomic E-state index is -2.36. The lowest BCUT2D eigenvalue weighted by Crippen LogP contribution is -2.50. The van der Waals surface area contributed by atoms with E-state index in [9.17, 15) is 13.9 Å². The van der Waals surface area contributed by atoms with Crippen LogP contribution in [0.4, 0.5) is 0 Å². The van der Waals surface area contributed by atoms with E-state index in [1.807, 2.05) is 0 Å². The Morgan fingerprint density at radius 3 is 2.28 bits per heavy atom. The first kappa shape index (κ1) is 30.0. The molecule has 6 heterocycles. The van der Waals surface area contributed by atoms with Crippen LogP contribution in [0.15, 0.2) is 24.3 Å². The molecule has 0 spiro atoms. The molecule has 3 N–H and O–H groups in total. The van der Waals surface area contributed by atoms with E-state index in [-0.39, 0.29) is 6.04 Å². The highest BCUT2D eigenvalue weighted by atomic mass is 32.3. The molecular formula is C34H48N4O3S2. The van der Waals surface area contributed by atoms with Crippen LogP contribution < -0.4 is 0 Å². The van der Waals surface area contributed by atoms with Crippen molar-refractivity contribution in [3.63, 3.8) is 0 Å². The number of piperazine rings is 1. The van der Waals surface area contributed by atoms with Crippen LogP contribution in [-0.4, -0.2) is 104 Å². The summed E-state index contributed by atoms with van der Waals surface area (Å²) in [5.41, 5.74) is 5.87. The Morgan fingerprint density at radius 1 is 0.977 bits per heavy atom. The number of fused-ring (bicyclic) bond motifs is 3. The highest BCUT2D eigenvalue weighted by molar-refractivity contribution is 8.24. The molecule has 2 aromatic heterocycles. The van der Waals surface area contributed by atoms with Crippen LogP contribution in [-0.2, 0) is 16.6 Å². The lowest BCUT2D eigenvalue weighted by atomic mass is 9.79. The molecule has 2 bridgehead atoms. The largest absolute Gasteiger partial charge is 0.346 e. The molecule has 2 unspecified atom stereocenters. The molecule has 0 radical (unpaired) electrons. The summed E-state index contributed by atoms with van der Waals surface area (Å²) in [7, 11) is -2.36. The van der Waals surface area contributed by atoms with Crippen LogP contribution in [0.5, 0.6) is 0 Å². The third-order valence-corrected chi connectivity index (χ3v) is 14.0. The monoisotopic (exact) mass is 624 g/mol. The van der Waals surface area contributed by atoms with Crippen LogP contribution in [0, 0.1) is 19.8 Å². The number of aromatic amines is 1. The first-order valence-electron chi connectivity index (χ1n) is 16.2. The fraction of sp³-hybridized carbons (Fsp3) is 0.618. The van der Waals surface area contributed by atoms with Gasteiger partial charge in [-0.2, -0.15) is 10.6 Å². The average Bonchev–Trinajstić information content (AvgIpc) is 3.78. The number of carbonyl (C=O) groups excluding carboxylic acids is 1. The molecule has 1 aromatic carbocycles. The summed E-state index contributed by atoms with van der Waals surface area (Å²) in [6.45, 7) is 15.8. The van der Waals surface area contributed by atoms with E-state index in [1.165, 1.54) is 55.9 Å². The molecule has 4 aliphatic heterocycles. The van der Waals surface area contributed by atoms with Gasteiger partial charge < -0.3 is 9.88 Å². The van der Waals surface area contributed by atoms with Crippen LogP contribution in [0.25, 0.3) is 21.5 Å². The molecule has 3 aromatic rings. The van der Waals surface area contributed by atoms with Gasteiger partial charge in [0.2, 0.25) is 0 Å². The first-order chi connectivity index (χ1) is 20.5. The summed E-state index contributed by atoms with van der Waals surface area (Å²) in [4.78, 5) is 27.6. The second-order valence-corrected chi connectivity index (χ2v) is 17.7. The molecule has 7 rings (SSSR count). The average molecular weight is 625 g/mol. The molecule has 0 aliphatic carbocycles. The summed E-state index contributed by atoms with van der Waals surface area (Å²) in [6.07, 6.45) is 4.19. The number of ketones is 1. The molecule has 2 atom stereocenters. The predicted octanol–water partition coefficient (Wildman–Crippen LogP) is 6.14. The van der Waals surface area contributed by atoms with Crippen LogP contribution in [0.1, 0.15) is 54.7 Å². The molecule has 234 valence electrons. The van der Waals surface area contributed by atoms with Crippen LogP contribution >= 0.6 is 21.9 Å². The molecule has 4 saturated heterocycles. The lowest BCUT2D eigenvalue weighted by Gasteiger charge is -2.38. The van der Waals surface area contributed by atoms with Crippen molar-refractivity contribution in [2.24, 2.45) is 5.92 Å². The second-order valence-electron chi connectivity index (χ2n) is 14.3. The number of H-pyrrole nitrogens is 1. The van der Waals surface area contributed by atoms with Gasteiger partial charge in [0.1, 0.15) is 4.83 Å². The molecule has 4 aliphatic rings. The van der Waals surface area contributed by atoms with Gasteiger partial charge >= 0.3 is 0 Å². The number of rotatable bonds is 8. The van der Waals surface area contributed by atoms with Crippen LogP contribution in [0.2, 0.25) is 0 Å². The summed E-state index contributed by atoms with van der Waals surface area (Å²) in [6, 6.07) is 9.55. The van der Waals surface area contributed by atoms with Crippen molar-refractivity contribution in [3.05, 3.63) is 45.8 Å². The zero-order chi connectivity index (χ0) is 30.1. The number of carbonyl (C=O) groups is 1. The van der Waals surface area contributed by atoms with Crippen molar-refractivity contribution in [1.82, 2.24) is 19.7 Å². The number of hydrogen-bond acceptors (Lipinski definition) is 7. The zero-order valence-corrected chi connectivity index (χ0v) is 27.8. The maximum absolute atomic E-state index is 14.0. The van der Waals surface area contributed by atoms with E-state index >= 15 is 0 Å². The SMILES string of the molecule is Cc1cc(C)cc(-c2[nH]c3sc(C(C)(C)C(=O)C4C5CCN4CC5)cc3c2CCN2CCN(C3CCS(O)(O)C3)CC2)c1. The molecule has 4 fully saturated rings. The number of benzene rings is 1. The number of hydrogen-bond donors (Lipinski definition) is 3. The Kier molecular flexibility index (Phi) is 7.85. The van der Waals surface area contributed by atoms with Gasteiger partial charge in [-0.15, -0.1) is 11.3 Å². The van der Waals surface area contributed by atoms with E-state index in [0.29, 0.717) is 29.2 Å². The molecule has 0 saturated carbocycles. The highest BCUT2D eigenvalue weighted by Crippen LogP contribution is 2.47. The fourth-order valence-electron chi connectivity index (χ4n) is 8.36. The van der Waals surface area contributed by atoms with E-state index < -0.39 is 16.0 Å². The number of thiophene rings is 1. The van der Waals surface area contributed by atoms with E-state index in [1.54, 1.807) is 11.3 Å². The Balaban J connectivity index is 1.13. The minimum absolute atomic E-state index is 0.0937. The maximum atomic E-state index is 14.0. The summed E-state index contributed by atoms with van der Waals surface area (Å²) in [5, 5.41) is 1.28. The van der Waals surface area contributed by atoms with Crippen molar-refractivity contribution in [2.45, 2.75) is 70.9 Å². The van der Waals surface area contributed by atoms with Gasteiger partial charge in [0.15, 0.2) is 5.78 Å². The smallest absolute Gasteiger partial charge is 0.160 e. The molecular weight excluding hydrogens is 577 g/mol. The first-order valence-corrected chi connectivity index (χ1v) is 18.9. The third-order valence-electron chi connectivity index (χ3n) is 10.9.